The second-order valence-electron chi connectivity index (χ2n) is 3.99. The molecule has 0 saturated carbocycles. The molecule has 4 heteroatoms. The Morgan fingerprint density at radius 1 is 1.28 bits per heavy atom. The van der Waals surface area contributed by atoms with Gasteiger partial charge >= 0.3 is 0 Å². The molecule has 1 heterocycles. The van der Waals surface area contributed by atoms with Crippen molar-refractivity contribution in [2.75, 3.05) is 12.4 Å². The molecular weight excluding hydrogens is 248 g/mol. The van der Waals surface area contributed by atoms with Gasteiger partial charge in [-0.1, -0.05) is 11.6 Å². The van der Waals surface area contributed by atoms with E-state index in [-0.39, 0.29) is 0 Å². The van der Waals surface area contributed by atoms with Crippen LogP contribution in [0.25, 0.3) is 0 Å². The molecule has 0 saturated heterocycles. The van der Waals surface area contributed by atoms with E-state index in [0.717, 1.165) is 27.7 Å². The van der Waals surface area contributed by atoms with E-state index < -0.39 is 0 Å². The summed E-state index contributed by atoms with van der Waals surface area (Å²) < 4.78 is 5.71. The topological polar surface area (TPSA) is 34.1 Å². The van der Waals surface area contributed by atoms with Crippen molar-refractivity contribution in [2.45, 2.75) is 13.5 Å². The lowest BCUT2D eigenvalue weighted by atomic mass is 10.2. The number of nitrogens with one attached hydrogen (secondary N) is 1. The maximum atomic E-state index is 5.89. The maximum Gasteiger partial charge on any atom is 0.130 e. The zero-order valence-electron chi connectivity index (χ0n) is 10.4. The van der Waals surface area contributed by atoms with Gasteiger partial charge in [-0.2, -0.15) is 0 Å². The number of halogens is 1. The Kier molecular flexibility index (Phi) is 4.05. The minimum atomic E-state index is 0.451. The Morgan fingerprint density at radius 2 is 2.11 bits per heavy atom. The Balaban J connectivity index is 2.02. The first-order chi connectivity index (χ1) is 8.69. The summed E-state index contributed by atoms with van der Waals surface area (Å²) in [6.45, 7) is 2.42. The molecule has 0 amide bonds. The molecule has 18 heavy (non-hydrogen) atoms. The van der Waals surface area contributed by atoms with E-state index in [0.29, 0.717) is 6.61 Å². The van der Waals surface area contributed by atoms with Crippen LogP contribution in [0, 0.1) is 6.92 Å². The van der Waals surface area contributed by atoms with Gasteiger partial charge in [-0.25, -0.2) is 0 Å². The number of benzene rings is 1. The zero-order valence-corrected chi connectivity index (χ0v) is 11.2. The lowest BCUT2D eigenvalue weighted by Gasteiger charge is -2.09. The molecule has 94 valence electrons. The second kappa shape index (κ2) is 5.74. The van der Waals surface area contributed by atoms with Crippen molar-refractivity contribution >= 4 is 17.3 Å². The molecular formula is C14H15ClN2O. The number of nitrogens with zero attached hydrogens (tertiary/aromatic N) is 1. The van der Waals surface area contributed by atoms with Crippen LogP contribution in [0.5, 0.6) is 5.75 Å². The van der Waals surface area contributed by atoms with E-state index in [1.165, 1.54) is 0 Å². The van der Waals surface area contributed by atoms with Crippen molar-refractivity contribution in [3.63, 3.8) is 0 Å². The van der Waals surface area contributed by atoms with Crippen LogP contribution in [0.4, 0.5) is 5.69 Å². The average Bonchev–Trinajstić information content (AvgIpc) is 2.38. The van der Waals surface area contributed by atoms with Gasteiger partial charge in [0.1, 0.15) is 12.4 Å². The van der Waals surface area contributed by atoms with Crippen LogP contribution in [0.15, 0.2) is 36.5 Å². The molecule has 0 aliphatic heterocycles. The predicted molar refractivity (Wildman–Crippen MR) is 74.3 cm³/mol. The minimum absolute atomic E-state index is 0.451. The molecule has 0 fully saturated rings. The number of ether oxygens (including phenoxy) is 1. The first kappa shape index (κ1) is 12.7. The third kappa shape index (κ3) is 3.14. The highest BCUT2D eigenvalue weighted by Crippen LogP contribution is 2.22. The van der Waals surface area contributed by atoms with Crippen molar-refractivity contribution in [1.29, 1.82) is 0 Å². The van der Waals surface area contributed by atoms with Crippen LogP contribution in [-0.2, 0) is 6.61 Å². The van der Waals surface area contributed by atoms with Crippen LogP contribution in [0.1, 0.15) is 11.3 Å². The van der Waals surface area contributed by atoms with Gasteiger partial charge in [0.25, 0.3) is 0 Å². The third-order valence-electron chi connectivity index (χ3n) is 2.63. The quantitative estimate of drug-likeness (QED) is 0.913. The summed E-state index contributed by atoms with van der Waals surface area (Å²) in [5.74, 6) is 0.832. The smallest absolute Gasteiger partial charge is 0.130 e. The summed E-state index contributed by atoms with van der Waals surface area (Å²) in [7, 11) is 1.87. The van der Waals surface area contributed by atoms with Crippen LogP contribution >= 0.6 is 11.6 Å². The van der Waals surface area contributed by atoms with Gasteiger partial charge in [-0.15, -0.1) is 0 Å². The number of pyridine rings is 1. The summed E-state index contributed by atoms with van der Waals surface area (Å²) in [5.41, 5.74) is 2.90. The first-order valence-corrected chi connectivity index (χ1v) is 6.08. The molecule has 0 aliphatic rings. The fourth-order valence-electron chi connectivity index (χ4n) is 1.58. The molecule has 1 aromatic carbocycles. The van der Waals surface area contributed by atoms with Gasteiger partial charge in [-0.3, -0.25) is 4.98 Å². The molecule has 0 aliphatic carbocycles. The third-order valence-corrected chi connectivity index (χ3v) is 2.86. The van der Waals surface area contributed by atoms with E-state index in [1.807, 2.05) is 44.3 Å². The maximum absolute atomic E-state index is 5.89. The first-order valence-electron chi connectivity index (χ1n) is 5.70. The van der Waals surface area contributed by atoms with Gasteiger partial charge in [0, 0.05) is 12.1 Å². The summed E-state index contributed by atoms with van der Waals surface area (Å²) in [4.78, 5) is 4.30. The van der Waals surface area contributed by atoms with Crippen molar-refractivity contribution in [3.8, 4) is 5.75 Å². The number of aromatic nitrogens is 1. The highest BCUT2D eigenvalue weighted by molar-refractivity contribution is 6.30. The van der Waals surface area contributed by atoms with Gasteiger partial charge in [0.15, 0.2) is 0 Å². The van der Waals surface area contributed by atoms with Crippen LogP contribution in [-0.4, -0.2) is 12.0 Å². The molecule has 3 nitrogen and oxygen atoms in total. The van der Waals surface area contributed by atoms with Gasteiger partial charge in [0.2, 0.25) is 0 Å². The van der Waals surface area contributed by atoms with Crippen molar-refractivity contribution in [3.05, 3.63) is 52.8 Å². The van der Waals surface area contributed by atoms with Crippen LogP contribution in [0.2, 0.25) is 5.02 Å². The summed E-state index contributed by atoms with van der Waals surface area (Å²) in [5, 5.41) is 3.74. The number of hydrogen-bond acceptors (Lipinski definition) is 3. The van der Waals surface area contributed by atoms with E-state index >= 15 is 0 Å². The van der Waals surface area contributed by atoms with Gasteiger partial charge < -0.3 is 10.1 Å². The highest BCUT2D eigenvalue weighted by Gasteiger charge is 2.01. The molecule has 0 radical (unpaired) electrons. The molecule has 0 spiro atoms. The highest BCUT2D eigenvalue weighted by atomic mass is 35.5. The number of rotatable bonds is 4. The molecule has 0 atom stereocenters. The fourth-order valence-corrected chi connectivity index (χ4v) is 1.81. The Bertz CT molecular complexity index is 526. The van der Waals surface area contributed by atoms with Crippen molar-refractivity contribution < 1.29 is 4.74 Å². The molecule has 0 unspecified atom stereocenters. The lowest BCUT2D eigenvalue weighted by molar-refractivity contribution is 0.299. The zero-order chi connectivity index (χ0) is 13.0. The largest absolute Gasteiger partial charge is 0.487 e. The lowest BCUT2D eigenvalue weighted by Crippen LogP contribution is -2.00. The normalized spacial score (nSPS) is 10.2. The summed E-state index contributed by atoms with van der Waals surface area (Å²) in [6, 6.07) is 9.49. The fraction of sp³-hybridized carbons (Fsp3) is 0.214. The van der Waals surface area contributed by atoms with Crippen LogP contribution in [0.3, 0.4) is 0 Å². The number of hydrogen-bond donors (Lipinski definition) is 1. The Labute approximate surface area is 112 Å². The Hall–Kier alpha value is -1.74. The molecule has 0 bridgehead atoms. The minimum Gasteiger partial charge on any atom is -0.487 e. The van der Waals surface area contributed by atoms with Gasteiger partial charge in [0.05, 0.1) is 17.6 Å². The number of anilines is 1. The predicted octanol–water partition coefficient (Wildman–Crippen LogP) is 3.66. The van der Waals surface area contributed by atoms with Crippen LogP contribution < -0.4 is 10.1 Å². The standard InChI is InChI=1S/C14H15ClN2O/c1-10-7-11(15)3-6-14(10)18-9-13-5-4-12(16-2)8-17-13/h3-8,16H,9H2,1-2H3. The molecule has 2 aromatic rings. The van der Waals surface area contributed by atoms with Gasteiger partial charge in [-0.05, 0) is 42.8 Å². The monoisotopic (exact) mass is 262 g/mol. The van der Waals surface area contributed by atoms with E-state index in [4.69, 9.17) is 16.3 Å². The average molecular weight is 263 g/mol. The van der Waals surface area contributed by atoms with Crippen molar-refractivity contribution in [1.82, 2.24) is 4.98 Å². The van der Waals surface area contributed by atoms with Crippen molar-refractivity contribution in [2.24, 2.45) is 0 Å². The molecule has 2 rings (SSSR count). The molecule has 1 N–H and O–H groups in total. The summed E-state index contributed by atoms with van der Waals surface area (Å²) >= 11 is 5.89. The number of aryl methyl sites for hydroxylation is 1. The van der Waals surface area contributed by atoms with E-state index in [1.54, 1.807) is 6.20 Å². The molecule has 1 aromatic heterocycles. The summed E-state index contributed by atoms with van der Waals surface area (Å²) in [6.07, 6.45) is 1.79. The van der Waals surface area contributed by atoms with E-state index in [2.05, 4.69) is 10.3 Å². The second-order valence-corrected chi connectivity index (χ2v) is 4.42. The SMILES string of the molecule is CNc1ccc(COc2ccc(Cl)cc2C)nc1. The van der Waals surface area contributed by atoms with E-state index in [9.17, 15) is 0 Å². The Morgan fingerprint density at radius 3 is 2.72 bits per heavy atom.